The van der Waals surface area contributed by atoms with Crippen LogP contribution in [-0.4, -0.2) is 0 Å². The fraction of sp³-hybridized carbons (Fsp3) is 0.800. The molecule has 0 bridgehead atoms. The van der Waals surface area contributed by atoms with E-state index in [1.165, 1.54) is 77.0 Å². The molecule has 0 heteroatoms. The van der Waals surface area contributed by atoms with Gasteiger partial charge in [0.05, 0.1) is 0 Å². The molecule has 0 nitrogen and oxygen atoms in total. The van der Waals surface area contributed by atoms with Crippen LogP contribution in [0.1, 0.15) is 96.8 Å². The number of rotatable bonds is 15. The van der Waals surface area contributed by atoms with Crippen molar-refractivity contribution in [3.8, 4) is 0 Å². The average Bonchev–Trinajstić information content (AvgIpc) is 2.47. The molecule has 0 aromatic heterocycles. The van der Waals surface area contributed by atoms with E-state index >= 15 is 0 Å². The van der Waals surface area contributed by atoms with Crippen LogP contribution in [0.2, 0.25) is 0 Å². The molecular formula is C20H38. The average molecular weight is 279 g/mol. The zero-order chi connectivity index (χ0) is 14.9. The minimum Gasteiger partial charge on any atom is -0.0885 e. The summed E-state index contributed by atoms with van der Waals surface area (Å²) in [6.45, 7) is 10.1. The Labute approximate surface area is 129 Å². The summed E-state index contributed by atoms with van der Waals surface area (Å²) < 4.78 is 0. The highest BCUT2D eigenvalue weighted by atomic mass is 14.1. The van der Waals surface area contributed by atoms with E-state index in [1.54, 1.807) is 0 Å². The largest absolute Gasteiger partial charge is 0.0885 e. The molecule has 0 aromatic carbocycles. The van der Waals surface area contributed by atoms with Gasteiger partial charge in [-0.05, 0) is 31.6 Å². The molecular weight excluding hydrogens is 240 g/mol. The second-order valence-corrected chi connectivity index (χ2v) is 6.08. The van der Waals surface area contributed by atoms with E-state index in [4.69, 9.17) is 0 Å². The van der Waals surface area contributed by atoms with Gasteiger partial charge >= 0.3 is 0 Å². The molecule has 0 rings (SSSR count). The van der Waals surface area contributed by atoms with Gasteiger partial charge in [0.15, 0.2) is 0 Å². The summed E-state index contributed by atoms with van der Waals surface area (Å²) in [4.78, 5) is 0. The van der Waals surface area contributed by atoms with E-state index in [9.17, 15) is 0 Å². The Morgan fingerprint density at radius 3 is 1.90 bits per heavy atom. The molecule has 0 aliphatic heterocycles. The predicted molar refractivity (Wildman–Crippen MR) is 93.7 cm³/mol. The predicted octanol–water partition coefficient (Wildman–Crippen LogP) is 7.31. The third-order valence-electron chi connectivity index (χ3n) is 4.21. The molecule has 0 amide bonds. The van der Waals surface area contributed by atoms with E-state index in [2.05, 4.69) is 32.9 Å². The molecule has 0 saturated carbocycles. The van der Waals surface area contributed by atoms with Crippen molar-refractivity contribution >= 4 is 0 Å². The summed E-state index contributed by atoms with van der Waals surface area (Å²) in [5, 5.41) is 0. The summed E-state index contributed by atoms with van der Waals surface area (Å²) in [6.07, 6.45) is 23.2. The van der Waals surface area contributed by atoms with Gasteiger partial charge in [0, 0.05) is 0 Å². The maximum atomic E-state index is 3.90. The van der Waals surface area contributed by atoms with Crippen LogP contribution in [0, 0.1) is 19.8 Å². The Morgan fingerprint density at radius 1 is 0.700 bits per heavy atom. The number of hydrogen-bond acceptors (Lipinski definition) is 0. The fourth-order valence-electron chi connectivity index (χ4n) is 2.71. The first-order chi connectivity index (χ1) is 9.85. The van der Waals surface area contributed by atoms with Crippen molar-refractivity contribution in [2.75, 3.05) is 0 Å². The van der Waals surface area contributed by atoms with Gasteiger partial charge in [-0.3, -0.25) is 0 Å². The van der Waals surface area contributed by atoms with Crippen LogP contribution < -0.4 is 0 Å². The molecule has 1 unspecified atom stereocenters. The third kappa shape index (κ3) is 14.2. The van der Waals surface area contributed by atoms with Crippen molar-refractivity contribution in [1.82, 2.24) is 0 Å². The van der Waals surface area contributed by atoms with Gasteiger partial charge in [-0.15, -0.1) is 0 Å². The molecule has 1 atom stereocenters. The molecule has 0 aromatic rings. The van der Waals surface area contributed by atoms with E-state index in [0.717, 1.165) is 18.8 Å². The second-order valence-electron chi connectivity index (χ2n) is 6.08. The van der Waals surface area contributed by atoms with Crippen LogP contribution in [-0.2, 0) is 0 Å². The molecule has 0 aliphatic rings. The highest BCUT2D eigenvalue weighted by molar-refractivity contribution is 4.81. The topological polar surface area (TPSA) is 0 Å². The lowest BCUT2D eigenvalue weighted by atomic mass is 9.93. The molecule has 0 aliphatic carbocycles. The molecule has 0 spiro atoms. The Morgan fingerprint density at radius 2 is 1.25 bits per heavy atom. The van der Waals surface area contributed by atoms with E-state index < -0.39 is 0 Å². The normalized spacial score (nSPS) is 13.2. The van der Waals surface area contributed by atoms with Gasteiger partial charge in [0.2, 0.25) is 0 Å². The molecule has 0 saturated heterocycles. The SMILES string of the molecule is [CH2]CCCC=CCCCC(CC)CCCCCCC[CH2]. The lowest BCUT2D eigenvalue weighted by molar-refractivity contribution is 0.403. The summed E-state index contributed by atoms with van der Waals surface area (Å²) in [5.41, 5.74) is 0. The van der Waals surface area contributed by atoms with Crippen LogP contribution in [0.15, 0.2) is 12.2 Å². The quantitative estimate of drug-likeness (QED) is 0.217. The van der Waals surface area contributed by atoms with E-state index in [-0.39, 0.29) is 0 Å². The van der Waals surface area contributed by atoms with Crippen LogP contribution in [0.25, 0.3) is 0 Å². The minimum absolute atomic E-state index is 0.969. The maximum Gasteiger partial charge on any atom is -0.0351 e. The zero-order valence-corrected chi connectivity index (χ0v) is 14.0. The zero-order valence-electron chi connectivity index (χ0n) is 14.0. The Hall–Kier alpha value is -0.260. The highest BCUT2D eigenvalue weighted by Crippen LogP contribution is 2.20. The van der Waals surface area contributed by atoms with Crippen molar-refractivity contribution < 1.29 is 0 Å². The molecule has 0 heterocycles. The summed E-state index contributed by atoms with van der Waals surface area (Å²) in [5.74, 6) is 0.969. The highest BCUT2D eigenvalue weighted by Gasteiger charge is 2.05. The van der Waals surface area contributed by atoms with Gasteiger partial charge in [-0.1, -0.05) is 97.1 Å². The standard InChI is InChI=1S/C20H38/c1-4-7-9-11-13-15-17-19-20(6-3)18-16-14-12-10-8-5-2/h11,13,20H,1-2,4-10,12,14-19H2,3H3. The molecule has 20 heavy (non-hydrogen) atoms. The Bertz CT molecular complexity index is 192. The van der Waals surface area contributed by atoms with Gasteiger partial charge in [0.1, 0.15) is 0 Å². The smallest absolute Gasteiger partial charge is 0.0351 e. The lowest BCUT2D eigenvalue weighted by Gasteiger charge is -2.13. The Balaban J connectivity index is 3.40. The Kier molecular flexibility index (Phi) is 16.6. The maximum absolute atomic E-state index is 3.90. The number of unbranched alkanes of at least 4 members (excludes halogenated alkanes) is 8. The van der Waals surface area contributed by atoms with Crippen molar-refractivity contribution in [3.63, 3.8) is 0 Å². The van der Waals surface area contributed by atoms with Crippen molar-refractivity contribution in [2.24, 2.45) is 5.92 Å². The van der Waals surface area contributed by atoms with Crippen molar-refractivity contribution in [2.45, 2.75) is 96.8 Å². The van der Waals surface area contributed by atoms with Gasteiger partial charge in [-0.25, -0.2) is 0 Å². The lowest BCUT2D eigenvalue weighted by Crippen LogP contribution is -1.98. The van der Waals surface area contributed by atoms with E-state index in [0.29, 0.717) is 0 Å². The van der Waals surface area contributed by atoms with Gasteiger partial charge in [0.25, 0.3) is 0 Å². The van der Waals surface area contributed by atoms with E-state index in [1.807, 2.05) is 0 Å². The summed E-state index contributed by atoms with van der Waals surface area (Å²) in [6, 6.07) is 0. The first-order valence-electron chi connectivity index (χ1n) is 9.08. The summed E-state index contributed by atoms with van der Waals surface area (Å²) >= 11 is 0. The molecule has 0 N–H and O–H groups in total. The van der Waals surface area contributed by atoms with Crippen LogP contribution in [0.5, 0.6) is 0 Å². The van der Waals surface area contributed by atoms with Gasteiger partial charge in [-0.2, -0.15) is 0 Å². The molecule has 0 fully saturated rings. The second kappa shape index (κ2) is 16.8. The third-order valence-corrected chi connectivity index (χ3v) is 4.21. The van der Waals surface area contributed by atoms with Crippen molar-refractivity contribution in [3.05, 3.63) is 26.0 Å². The van der Waals surface area contributed by atoms with Crippen LogP contribution in [0.4, 0.5) is 0 Å². The number of allylic oxidation sites excluding steroid dienone is 2. The minimum atomic E-state index is 0.969. The van der Waals surface area contributed by atoms with Gasteiger partial charge < -0.3 is 0 Å². The first-order valence-corrected chi connectivity index (χ1v) is 9.08. The first kappa shape index (κ1) is 19.7. The van der Waals surface area contributed by atoms with Crippen LogP contribution >= 0.6 is 0 Å². The molecule has 118 valence electrons. The fourth-order valence-corrected chi connectivity index (χ4v) is 2.71. The number of hydrogen-bond donors (Lipinski definition) is 0. The van der Waals surface area contributed by atoms with Crippen LogP contribution in [0.3, 0.4) is 0 Å². The molecule has 2 radical (unpaired) electrons. The monoisotopic (exact) mass is 278 g/mol. The van der Waals surface area contributed by atoms with Crippen molar-refractivity contribution in [1.29, 1.82) is 0 Å². The summed E-state index contributed by atoms with van der Waals surface area (Å²) in [7, 11) is 0.